The van der Waals surface area contributed by atoms with Gasteiger partial charge in [-0.3, -0.25) is 14.4 Å². The normalized spacial score (nSPS) is 19.5. The van der Waals surface area contributed by atoms with Gasteiger partial charge in [-0.1, -0.05) is 0 Å². The van der Waals surface area contributed by atoms with E-state index >= 15 is 0 Å². The van der Waals surface area contributed by atoms with E-state index in [0.29, 0.717) is 0 Å². The first-order chi connectivity index (χ1) is 8.97. The molecule has 0 radical (unpaired) electrons. The topological polar surface area (TPSA) is 60.4 Å². The second-order valence-electron chi connectivity index (χ2n) is 4.20. The summed E-state index contributed by atoms with van der Waals surface area (Å²) in [6.45, 7) is 3.46. The lowest BCUT2D eigenvalue weighted by molar-refractivity contribution is -0.151. The molecule has 1 aromatic rings. The lowest BCUT2D eigenvalue weighted by atomic mass is 9.96. The Balaban J connectivity index is 2.14. The Morgan fingerprint density at radius 3 is 2.63 bits per heavy atom. The number of esters is 1. The Morgan fingerprint density at radius 1 is 1.32 bits per heavy atom. The van der Waals surface area contributed by atoms with E-state index in [9.17, 15) is 14.4 Å². The van der Waals surface area contributed by atoms with Gasteiger partial charge in [0.15, 0.2) is 17.5 Å². The average Bonchev–Trinajstić information content (AvgIpc) is 2.71. The molecule has 0 spiro atoms. The van der Waals surface area contributed by atoms with Crippen molar-refractivity contribution in [2.75, 3.05) is 0 Å². The standard InChI is InChI=1S/C14H12O4S/c1-8-7-12(16)13(14(17)18-8)11(15)6-5-10-4-3-9(2)19-10/h3-7,13H,1-2H3. The van der Waals surface area contributed by atoms with Crippen LogP contribution in [-0.2, 0) is 19.1 Å². The quantitative estimate of drug-likeness (QED) is 0.483. The molecule has 1 aromatic heterocycles. The molecule has 0 fully saturated rings. The minimum atomic E-state index is -1.36. The van der Waals surface area contributed by atoms with Crippen LogP contribution in [0.5, 0.6) is 0 Å². The predicted molar refractivity (Wildman–Crippen MR) is 71.4 cm³/mol. The molecule has 1 atom stereocenters. The van der Waals surface area contributed by atoms with Gasteiger partial charge in [-0.15, -0.1) is 11.3 Å². The second kappa shape index (κ2) is 5.32. The van der Waals surface area contributed by atoms with E-state index in [1.165, 1.54) is 30.4 Å². The molecule has 0 saturated heterocycles. The van der Waals surface area contributed by atoms with E-state index in [0.717, 1.165) is 9.75 Å². The molecule has 5 heteroatoms. The highest BCUT2D eigenvalue weighted by atomic mass is 32.1. The van der Waals surface area contributed by atoms with Crippen LogP contribution in [-0.4, -0.2) is 17.5 Å². The number of cyclic esters (lactones) is 1. The van der Waals surface area contributed by atoms with Crippen molar-refractivity contribution in [3.05, 3.63) is 39.8 Å². The largest absolute Gasteiger partial charge is 0.430 e. The van der Waals surface area contributed by atoms with Crippen molar-refractivity contribution in [3.63, 3.8) is 0 Å². The third kappa shape index (κ3) is 3.06. The number of thiophene rings is 1. The first-order valence-electron chi connectivity index (χ1n) is 5.69. The molecule has 1 unspecified atom stereocenters. The molecule has 0 aliphatic carbocycles. The van der Waals surface area contributed by atoms with Crippen molar-refractivity contribution in [1.29, 1.82) is 0 Å². The van der Waals surface area contributed by atoms with Crippen molar-refractivity contribution in [2.24, 2.45) is 5.92 Å². The zero-order chi connectivity index (χ0) is 14.0. The Bertz CT molecular complexity index is 607. The summed E-state index contributed by atoms with van der Waals surface area (Å²) in [6.07, 6.45) is 4.03. The summed E-state index contributed by atoms with van der Waals surface area (Å²) < 4.78 is 4.80. The van der Waals surface area contributed by atoms with Crippen LogP contribution in [0.2, 0.25) is 0 Å². The number of carbonyl (C=O) groups excluding carboxylic acids is 3. The molecule has 98 valence electrons. The monoisotopic (exact) mass is 276 g/mol. The van der Waals surface area contributed by atoms with Crippen LogP contribution in [0.15, 0.2) is 30.0 Å². The van der Waals surface area contributed by atoms with Crippen LogP contribution < -0.4 is 0 Å². The number of ketones is 2. The van der Waals surface area contributed by atoms with Gasteiger partial charge in [0.05, 0.1) is 0 Å². The van der Waals surface area contributed by atoms with E-state index in [1.807, 2.05) is 19.1 Å². The van der Waals surface area contributed by atoms with Gasteiger partial charge in [0.1, 0.15) is 5.76 Å². The molecule has 1 aliphatic heterocycles. The van der Waals surface area contributed by atoms with Gasteiger partial charge >= 0.3 is 5.97 Å². The summed E-state index contributed by atoms with van der Waals surface area (Å²) in [6, 6.07) is 3.80. The number of hydrogen-bond acceptors (Lipinski definition) is 5. The molecule has 0 aromatic carbocycles. The van der Waals surface area contributed by atoms with E-state index in [-0.39, 0.29) is 5.76 Å². The van der Waals surface area contributed by atoms with Crippen molar-refractivity contribution in [3.8, 4) is 0 Å². The Labute approximate surface area is 114 Å². The summed E-state index contributed by atoms with van der Waals surface area (Å²) in [5.74, 6) is -3.02. The zero-order valence-corrected chi connectivity index (χ0v) is 11.3. The Kier molecular flexibility index (Phi) is 3.76. The first kappa shape index (κ1) is 13.4. The number of aryl methyl sites for hydroxylation is 1. The molecule has 2 rings (SSSR count). The van der Waals surface area contributed by atoms with Gasteiger partial charge in [-0.05, 0) is 38.1 Å². The molecule has 4 nitrogen and oxygen atoms in total. The van der Waals surface area contributed by atoms with Gasteiger partial charge in [0.2, 0.25) is 0 Å². The summed E-state index contributed by atoms with van der Waals surface area (Å²) >= 11 is 1.53. The highest BCUT2D eigenvalue weighted by molar-refractivity contribution is 7.12. The molecule has 19 heavy (non-hydrogen) atoms. The number of hydrogen-bond donors (Lipinski definition) is 0. The van der Waals surface area contributed by atoms with Crippen molar-refractivity contribution >= 4 is 34.9 Å². The smallest absolute Gasteiger partial charge is 0.329 e. The zero-order valence-electron chi connectivity index (χ0n) is 10.5. The molecule has 0 saturated carbocycles. The number of allylic oxidation sites excluding steroid dienone is 3. The minimum absolute atomic E-state index is 0.219. The lowest BCUT2D eigenvalue weighted by Crippen LogP contribution is -2.34. The fraction of sp³-hybridized carbons (Fsp3) is 0.214. The molecule has 2 heterocycles. The SMILES string of the molecule is CC1=CC(=O)C(C(=O)C=Cc2ccc(C)s2)C(=O)O1. The molecule has 0 amide bonds. The molecular weight excluding hydrogens is 264 g/mol. The Morgan fingerprint density at radius 2 is 2.05 bits per heavy atom. The first-order valence-corrected chi connectivity index (χ1v) is 6.51. The summed E-state index contributed by atoms with van der Waals surface area (Å²) in [5, 5.41) is 0. The maximum Gasteiger partial charge on any atom is 0.329 e. The van der Waals surface area contributed by atoms with E-state index in [4.69, 9.17) is 4.74 Å². The summed E-state index contributed by atoms with van der Waals surface area (Å²) in [7, 11) is 0. The van der Waals surface area contributed by atoms with Crippen molar-refractivity contribution < 1.29 is 19.1 Å². The van der Waals surface area contributed by atoms with E-state index in [2.05, 4.69) is 0 Å². The van der Waals surface area contributed by atoms with Gasteiger partial charge in [0.25, 0.3) is 0 Å². The van der Waals surface area contributed by atoms with Gasteiger partial charge in [-0.25, -0.2) is 0 Å². The fourth-order valence-corrected chi connectivity index (χ4v) is 2.49. The highest BCUT2D eigenvalue weighted by Crippen LogP contribution is 2.19. The summed E-state index contributed by atoms with van der Waals surface area (Å²) in [4.78, 5) is 37.1. The third-order valence-corrected chi connectivity index (χ3v) is 3.55. The molecule has 0 bridgehead atoms. The number of ether oxygens (including phenoxy) is 1. The van der Waals surface area contributed by atoms with Gasteiger partial charge < -0.3 is 4.74 Å². The molecule has 0 N–H and O–H groups in total. The maximum absolute atomic E-state index is 11.9. The number of carbonyl (C=O) groups is 3. The van der Waals surface area contributed by atoms with Gasteiger partial charge in [0, 0.05) is 15.8 Å². The van der Waals surface area contributed by atoms with Crippen LogP contribution >= 0.6 is 11.3 Å². The van der Waals surface area contributed by atoms with Crippen molar-refractivity contribution in [2.45, 2.75) is 13.8 Å². The minimum Gasteiger partial charge on any atom is -0.430 e. The van der Waals surface area contributed by atoms with E-state index in [1.54, 1.807) is 6.08 Å². The van der Waals surface area contributed by atoms with Crippen LogP contribution in [0.1, 0.15) is 16.7 Å². The lowest BCUT2D eigenvalue weighted by Gasteiger charge is -2.15. The van der Waals surface area contributed by atoms with Crippen LogP contribution in [0.4, 0.5) is 0 Å². The Hall–Kier alpha value is -2.01. The number of rotatable bonds is 3. The highest BCUT2D eigenvalue weighted by Gasteiger charge is 2.36. The van der Waals surface area contributed by atoms with E-state index < -0.39 is 23.5 Å². The predicted octanol–water partition coefficient (Wildman–Crippen LogP) is 2.28. The third-order valence-electron chi connectivity index (χ3n) is 2.58. The van der Waals surface area contributed by atoms with Crippen LogP contribution in [0.25, 0.3) is 6.08 Å². The summed E-state index contributed by atoms with van der Waals surface area (Å²) in [5.41, 5.74) is 0. The average molecular weight is 276 g/mol. The van der Waals surface area contributed by atoms with Crippen molar-refractivity contribution in [1.82, 2.24) is 0 Å². The fourth-order valence-electron chi connectivity index (χ4n) is 1.71. The molecule has 1 aliphatic rings. The second-order valence-corrected chi connectivity index (χ2v) is 5.52. The van der Waals surface area contributed by atoms with Gasteiger partial charge in [-0.2, -0.15) is 0 Å². The molecular formula is C14H12O4S. The van der Waals surface area contributed by atoms with Crippen LogP contribution in [0, 0.1) is 12.8 Å². The van der Waals surface area contributed by atoms with Crippen LogP contribution in [0.3, 0.4) is 0 Å². The maximum atomic E-state index is 11.9.